The maximum absolute atomic E-state index is 13.7. The van der Waals surface area contributed by atoms with E-state index in [0.717, 1.165) is 31.4 Å². The van der Waals surface area contributed by atoms with Crippen LogP contribution in [0.1, 0.15) is 12.0 Å². The maximum Gasteiger partial charge on any atom is 0.140 e. The fourth-order valence-corrected chi connectivity index (χ4v) is 3.50. The van der Waals surface area contributed by atoms with Crippen LogP contribution in [0.3, 0.4) is 0 Å². The molecular weight excluding hydrogens is 312 g/mol. The second-order valence-corrected chi connectivity index (χ2v) is 6.52. The zero-order valence-electron chi connectivity index (χ0n) is 13.2. The third kappa shape index (κ3) is 3.19. The molecule has 1 aromatic carbocycles. The molecule has 24 heavy (non-hydrogen) atoms. The van der Waals surface area contributed by atoms with E-state index in [0.29, 0.717) is 23.3 Å². The van der Waals surface area contributed by atoms with E-state index >= 15 is 0 Å². The molecule has 4 nitrogen and oxygen atoms in total. The number of halogens is 2. The minimum absolute atomic E-state index is 0.0457. The van der Waals surface area contributed by atoms with E-state index in [-0.39, 0.29) is 6.61 Å². The van der Waals surface area contributed by atoms with Crippen molar-refractivity contribution in [1.29, 1.82) is 0 Å². The van der Waals surface area contributed by atoms with Crippen molar-refractivity contribution >= 4 is 5.69 Å². The molecule has 1 N–H and O–H groups in total. The number of anilines is 1. The number of benzene rings is 1. The van der Waals surface area contributed by atoms with Gasteiger partial charge >= 0.3 is 0 Å². The molecule has 2 fully saturated rings. The van der Waals surface area contributed by atoms with E-state index in [1.165, 1.54) is 18.6 Å². The summed E-state index contributed by atoms with van der Waals surface area (Å²) in [6.07, 6.45) is 4.68. The minimum atomic E-state index is -0.599. The van der Waals surface area contributed by atoms with Gasteiger partial charge in [0.1, 0.15) is 24.0 Å². The summed E-state index contributed by atoms with van der Waals surface area (Å²) in [6, 6.07) is 5.97. The van der Waals surface area contributed by atoms with Crippen molar-refractivity contribution in [1.82, 2.24) is 10.3 Å². The van der Waals surface area contributed by atoms with Gasteiger partial charge in [-0.15, -0.1) is 0 Å². The van der Waals surface area contributed by atoms with Gasteiger partial charge in [-0.05, 0) is 24.5 Å². The number of rotatable bonds is 4. The lowest BCUT2D eigenvalue weighted by atomic mass is 10.00. The number of ether oxygens (including phenoxy) is 1. The van der Waals surface area contributed by atoms with Crippen LogP contribution in [0.4, 0.5) is 14.5 Å². The molecule has 2 bridgehead atoms. The van der Waals surface area contributed by atoms with E-state index in [2.05, 4.69) is 15.2 Å². The SMILES string of the molecule is Fc1ccc(COc2cncc(N3CC4CNC(C4)C3)c2)c(F)c1. The summed E-state index contributed by atoms with van der Waals surface area (Å²) in [5.41, 5.74) is 1.34. The highest BCUT2D eigenvalue weighted by atomic mass is 19.1. The monoisotopic (exact) mass is 331 g/mol. The molecule has 4 rings (SSSR count). The lowest BCUT2D eigenvalue weighted by Gasteiger charge is -2.32. The van der Waals surface area contributed by atoms with Gasteiger partial charge < -0.3 is 15.0 Å². The second kappa shape index (κ2) is 6.36. The molecule has 0 radical (unpaired) electrons. The smallest absolute Gasteiger partial charge is 0.140 e. The Morgan fingerprint density at radius 3 is 2.96 bits per heavy atom. The third-order valence-electron chi connectivity index (χ3n) is 4.71. The highest BCUT2D eigenvalue weighted by Crippen LogP contribution is 2.28. The minimum Gasteiger partial charge on any atom is -0.487 e. The zero-order chi connectivity index (χ0) is 16.5. The summed E-state index contributed by atoms with van der Waals surface area (Å²) >= 11 is 0. The van der Waals surface area contributed by atoms with Gasteiger partial charge in [0.25, 0.3) is 0 Å². The predicted octanol–water partition coefficient (Wildman–Crippen LogP) is 2.74. The molecule has 2 atom stereocenters. The summed E-state index contributed by atoms with van der Waals surface area (Å²) in [4.78, 5) is 6.55. The first kappa shape index (κ1) is 15.3. The molecule has 1 aromatic heterocycles. The summed E-state index contributed by atoms with van der Waals surface area (Å²) in [5.74, 6) is 0.0785. The summed E-state index contributed by atoms with van der Waals surface area (Å²) in [7, 11) is 0. The molecule has 3 heterocycles. The van der Waals surface area contributed by atoms with Crippen LogP contribution in [-0.2, 0) is 6.61 Å². The van der Waals surface area contributed by atoms with Crippen molar-refractivity contribution in [3.05, 3.63) is 53.9 Å². The number of nitrogens with zero attached hydrogens (tertiary/aromatic N) is 2. The van der Waals surface area contributed by atoms with Gasteiger partial charge in [-0.2, -0.15) is 0 Å². The molecule has 0 spiro atoms. The van der Waals surface area contributed by atoms with Crippen LogP contribution in [0.25, 0.3) is 0 Å². The molecule has 126 valence electrons. The van der Waals surface area contributed by atoms with Crippen LogP contribution in [0, 0.1) is 17.6 Å². The van der Waals surface area contributed by atoms with E-state index < -0.39 is 11.6 Å². The van der Waals surface area contributed by atoms with Gasteiger partial charge in [0.15, 0.2) is 0 Å². The largest absolute Gasteiger partial charge is 0.487 e. The van der Waals surface area contributed by atoms with Crippen LogP contribution >= 0.6 is 0 Å². The lowest BCUT2D eigenvalue weighted by molar-refractivity contribution is 0.298. The Morgan fingerprint density at radius 1 is 1.21 bits per heavy atom. The molecule has 2 aromatic rings. The van der Waals surface area contributed by atoms with Gasteiger partial charge in [-0.1, -0.05) is 0 Å². The first-order valence-electron chi connectivity index (χ1n) is 8.17. The van der Waals surface area contributed by atoms with E-state index in [1.807, 2.05) is 12.3 Å². The van der Waals surface area contributed by atoms with Gasteiger partial charge in [0.05, 0.1) is 18.1 Å². The number of nitrogens with one attached hydrogen (secondary N) is 1. The van der Waals surface area contributed by atoms with Crippen molar-refractivity contribution in [3.63, 3.8) is 0 Å². The Kier molecular flexibility index (Phi) is 4.06. The Bertz CT molecular complexity index is 728. The Balaban J connectivity index is 1.45. The zero-order valence-corrected chi connectivity index (χ0v) is 13.2. The van der Waals surface area contributed by atoms with Crippen LogP contribution in [0.5, 0.6) is 5.75 Å². The molecule has 2 saturated heterocycles. The molecule has 2 aliphatic rings. The summed E-state index contributed by atoms with van der Waals surface area (Å²) < 4.78 is 32.2. The standard InChI is InChI=1S/C18H19F2N3O/c19-14-2-1-13(18(20)4-14)11-24-17-5-16(7-21-8-17)23-9-12-3-15(10-23)22-6-12/h1-2,4-5,7-8,12,15,22H,3,6,9-11H2. The first-order valence-corrected chi connectivity index (χ1v) is 8.17. The normalized spacial score (nSPS) is 22.7. The van der Waals surface area contributed by atoms with Crippen LogP contribution in [-0.4, -0.2) is 30.7 Å². The highest BCUT2D eigenvalue weighted by molar-refractivity contribution is 5.49. The van der Waals surface area contributed by atoms with Gasteiger partial charge in [-0.3, -0.25) is 4.98 Å². The quantitative estimate of drug-likeness (QED) is 0.935. The fraction of sp³-hybridized carbons (Fsp3) is 0.389. The van der Waals surface area contributed by atoms with E-state index in [1.54, 1.807) is 6.20 Å². The van der Waals surface area contributed by atoms with Crippen molar-refractivity contribution < 1.29 is 13.5 Å². The van der Waals surface area contributed by atoms with E-state index in [4.69, 9.17) is 4.74 Å². The average molecular weight is 331 g/mol. The Morgan fingerprint density at radius 2 is 2.12 bits per heavy atom. The number of aromatic nitrogens is 1. The molecule has 0 amide bonds. The first-order chi connectivity index (χ1) is 11.7. The maximum atomic E-state index is 13.7. The predicted molar refractivity (Wildman–Crippen MR) is 87.0 cm³/mol. The fourth-order valence-electron chi connectivity index (χ4n) is 3.50. The van der Waals surface area contributed by atoms with Crippen molar-refractivity contribution in [3.8, 4) is 5.75 Å². The summed E-state index contributed by atoms with van der Waals surface area (Å²) in [6.45, 7) is 3.11. The van der Waals surface area contributed by atoms with Gasteiger partial charge in [0.2, 0.25) is 0 Å². The number of piperidine rings is 1. The number of pyridine rings is 1. The number of hydrogen-bond donors (Lipinski definition) is 1. The lowest BCUT2D eigenvalue weighted by Crippen LogP contribution is -2.41. The van der Waals surface area contributed by atoms with Crippen LogP contribution < -0.4 is 15.0 Å². The number of hydrogen-bond acceptors (Lipinski definition) is 4. The molecular formula is C18H19F2N3O. The second-order valence-electron chi connectivity index (χ2n) is 6.52. The molecule has 2 aliphatic heterocycles. The number of fused-ring (bicyclic) bond motifs is 2. The Labute approximate surface area is 139 Å². The van der Waals surface area contributed by atoms with E-state index in [9.17, 15) is 8.78 Å². The molecule has 0 aliphatic carbocycles. The molecule has 6 heteroatoms. The molecule has 0 saturated carbocycles. The van der Waals surface area contributed by atoms with Crippen LogP contribution in [0.15, 0.2) is 36.7 Å². The van der Waals surface area contributed by atoms with Gasteiger partial charge in [0, 0.05) is 43.4 Å². The topological polar surface area (TPSA) is 37.4 Å². The molecule has 2 unspecified atom stereocenters. The highest BCUT2D eigenvalue weighted by Gasteiger charge is 2.32. The van der Waals surface area contributed by atoms with Crippen molar-refractivity contribution in [2.24, 2.45) is 5.92 Å². The van der Waals surface area contributed by atoms with Gasteiger partial charge in [-0.25, -0.2) is 8.78 Å². The van der Waals surface area contributed by atoms with Crippen molar-refractivity contribution in [2.45, 2.75) is 19.1 Å². The van der Waals surface area contributed by atoms with Crippen LogP contribution in [0.2, 0.25) is 0 Å². The van der Waals surface area contributed by atoms with Crippen molar-refractivity contribution in [2.75, 3.05) is 24.5 Å². The summed E-state index contributed by atoms with van der Waals surface area (Å²) in [5, 5.41) is 3.52. The third-order valence-corrected chi connectivity index (χ3v) is 4.71. The Hall–Kier alpha value is -2.21. The average Bonchev–Trinajstić information content (AvgIpc) is 2.92.